The minimum absolute atomic E-state index is 0.159. The molecule has 26 heavy (non-hydrogen) atoms. The molecule has 1 saturated heterocycles. The number of benzene rings is 1. The lowest BCUT2D eigenvalue weighted by molar-refractivity contribution is -0.140. The molecule has 2 amide bonds. The highest BCUT2D eigenvalue weighted by Crippen LogP contribution is 2.65. The molecule has 0 N–H and O–H groups in total. The van der Waals surface area contributed by atoms with E-state index in [1.54, 1.807) is 32.4 Å². The van der Waals surface area contributed by atoms with E-state index in [0.29, 0.717) is 28.9 Å². The lowest BCUT2D eigenvalue weighted by Gasteiger charge is -2.37. The van der Waals surface area contributed by atoms with Crippen LogP contribution in [0, 0.1) is 35.5 Å². The maximum Gasteiger partial charge on any atom is 0.254 e. The Balaban J connectivity index is 1.43. The third kappa shape index (κ3) is 2.01. The summed E-state index contributed by atoms with van der Waals surface area (Å²) in [6.45, 7) is 0. The highest BCUT2D eigenvalue weighted by Gasteiger charge is 2.67. The second-order valence-electron chi connectivity index (χ2n) is 7.50. The van der Waals surface area contributed by atoms with E-state index < -0.39 is 0 Å². The van der Waals surface area contributed by atoms with Crippen LogP contribution in [0.5, 0.6) is 11.5 Å². The highest BCUT2D eigenvalue weighted by atomic mass is 16.5. The number of hydrogen-bond donors (Lipinski definition) is 0. The standard InChI is InChI=1S/C20H20N2O4/c1-25-11-4-3-10(16(7-11)26-2)9-21-22-19(23)17-12-5-6-13(15-8-14(12)15)18(17)20(22)24/h3-7,9,12-15,17-18H,8H2,1-2H3/b21-9-/t12-,13+,14-,15-,17+,18+/m1/s1. The maximum atomic E-state index is 12.9. The van der Waals surface area contributed by atoms with Crippen molar-refractivity contribution in [2.75, 3.05) is 14.2 Å². The van der Waals surface area contributed by atoms with E-state index in [1.165, 1.54) is 6.21 Å². The average Bonchev–Trinajstić information content (AvgIpc) is 3.45. The van der Waals surface area contributed by atoms with Gasteiger partial charge in [0, 0.05) is 11.6 Å². The number of carbonyl (C=O) groups excluding carboxylic acids is 2. The van der Waals surface area contributed by atoms with E-state index in [9.17, 15) is 9.59 Å². The van der Waals surface area contributed by atoms with Crippen molar-refractivity contribution < 1.29 is 19.1 Å². The van der Waals surface area contributed by atoms with Crippen molar-refractivity contribution >= 4 is 18.0 Å². The molecule has 0 aromatic heterocycles. The summed E-state index contributed by atoms with van der Waals surface area (Å²) in [4.78, 5) is 25.8. The summed E-state index contributed by atoms with van der Waals surface area (Å²) in [6, 6.07) is 5.32. The van der Waals surface area contributed by atoms with Gasteiger partial charge in [0.05, 0.1) is 32.3 Å². The molecule has 6 nitrogen and oxygen atoms in total. The Morgan fingerprint density at radius 2 is 1.69 bits per heavy atom. The maximum absolute atomic E-state index is 12.9. The first-order valence-electron chi connectivity index (χ1n) is 8.96. The van der Waals surface area contributed by atoms with Gasteiger partial charge in [-0.25, -0.2) is 0 Å². The fourth-order valence-corrected chi connectivity index (χ4v) is 5.10. The molecule has 1 aliphatic heterocycles. The molecule has 134 valence electrons. The molecule has 3 fully saturated rings. The molecule has 0 unspecified atom stereocenters. The number of amides is 2. The third-order valence-corrected chi connectivity index (χ3v) is 6.39. The molecular weight excluding hydrogens is 332 g/mol. The van der Waals surface area contributed by atoms with E-state index in [-0.39, 0.29) is 35.5 Å². The van der Waals surface area contributed by atoms with Gasteiger partial charge < -0.3 is 9.47 Å². The van der Waals surface area contributed by atoms with Crippen molar-refractivity contribution in [1.82, 2.24) is 5.01 Å². The van der Waals surface area contributed by atoms with Crippen molar-refractivity contribution in [3.8, 4) is 11.5 Å². The first-order chi connectivity index (χ1) is 12.6. The SMILES string of the molecule is COc1ccc(/C=N\N2C(=O)[C@H]3[C@@H]4C=C[C@@H]([C@H]5C[C@H]45)[C@@H]3C2=O)c(OC)c1. The Morgan fingerprint density at radius 1 is 1.04 bits per heavy atom. The second kappa shape index (κ2) is 5.43. The monoisotopic (exact) mass is 352 g/mol. The van der Waals surface area contributed by atoms with Gasteiger partial charge in [-0.2, -0.15) is 10.1 Å². The predicted octanol–water partition coefficient (Wildman–Crippen LogP) is 2.09. The molecule has 6 atom stereocenters. The van der Waals surface area contributed by atoms with Gasteiger partial charge in [-0.15, -0.1) is 0 Å². The lowest BCUT2D eigenvalue weighted by Crippen LogP contribution is -2.40. The third-order valence-electron chi connectivity index (χ3n) is 6.39. The van der Waals surface area contributed by atoms with Gasteiger partial charge in [-0.05, 0) is 42.2 Å². The van der Waals surface area contributed by atoms with E-state index in [4.69, 9.17) is 9.47 Å². The number of carbonyl (C=O) groups is 2. The van der Waals surface area contributed by atoms with Gasteiger partial charge in [-0.1, -0.05) is 12.2 Å². The van der Waals surface area contributed by atoms with Gasteiger partial charge in [0.1, 0.15) is 11.5 Å². The molecule has 5 aliphatic rings. The summed E-state index contributed by atoms with van der Waals surface area (Å²) >= 11 is 0. The van der Waals surface area contributed by atoms with Crippen molar-refractivity contribution in [2.45, 2.75) is 6.42 Å². The van der Waals surface area contributed by atoms with Crippen LogP contribution in [0.15, 0.2) is 35.5 Å². The van der Waals surface area contributed by atoms with E-state index in [2.05, 4.69) is 17.3 Å². The summed E-state index contributed by atoms with van der Waals surface area (Å²) in [5.41, 5.74) is 0.688. The van der Waals surface area contributed by atoms with Gasteiger partial charge in [0.25, 0.3) is 11.8 Å². The lowest BCUT2D eigenvalue weighted by atomic mass is 9.63. The molecule has 4 aliphatic carbocycles. The summed E-state index contributed by atoms with van der Waals surface area (Å²) in [7, 11) is 3.14. The zero-order valence-electron chi connectivity index (χ0n) is 14.7. The Morgan fingerprint density at radius 3 is 2.27 bits per heavy atom. The number of imide groups is 1. The number of hydrogen-bond acceptors (Lipinski definition) is 5. The fourth-order valence-electron chi connectivity index (χ4n) is 5.10. The number of hydrazone groups is 1. The van der Waals surface area contributed by atoms with Gasteiger partial charge >= 0.3 is 0 Å². The second-order valence-corrected chi connectivity index (χ2v) is 7.50. The van der Waals surface area contributed by atoms with Crippen molar-refractivity contribution in [2.24, 2.45) is 40.6 Å². The summed E-state index contributed by atoms with van der Waals surface area (Å²) in [6.07, 6.45) is 6.99. The van der Waals surface area contributed by atoms with Crippen LogP contribution in [0.25, 0.3) is 0 Å². The number of allylic oxidation sites excluding steroid dienone is 2. The minimum atomic E-state index is -0.226. The molecule has 1 aromatic rings. The fraction of sp³-hybridized carbons (Fsp3) is 0.450. The molecule has 6 heteroatoms. The van der Waals surface area contributed by atoms with Crippen molar-refractivity contribution in [3.05, 3.63) is 35.9 Å². The van der Waals surface area contributed by atoms with Crippen LogP contribution >= 0.6 is 0 Å². The predicted molar refractivity (Wildman–Crippen MR) is 93.7 cm³/mol. The van der Waals surface area contributed by atoms with Gasteiger partial charge in [0.15, 0.2) is 0 Å². The van der Waals surface area contributed by atoms with Crippen LogP contribution in [0.3, 0.4) is 0 Å². The number of ether oxygens (including phenoxy) is 2. The van der Waals surface area contributed by atoms with E-state index in [0.717, 1.165) is 11.4 Å². The zero-order chi connectivity index (χ0) is 18.0. The normalized spacial score (nSPS) is 36.5. The quantitative estimate of drug-likeness (QED) is 0.473. The topological polar surface area (TPSA) is 68.2 Å². The first-order valence-corrected chi connectivity index (χ1v) is 8.96. The summed E-state index contributed by atoms with van der Waals surface area (Å²) < 4.78 is 10.5. The van der Waals surface area contributed by atoms with Crippen LogP contribution in [-0.4, -0.2) is 37.3 Å². The van der Waals surface area contributed by atoms with Crippen LogP contribution in [-0.2, 0) is 9.59 Å². The molecule has 2 bridgehead atoms. The Hall–Kier alpha value is -2.63. The molecule has 0 spiro atoms. The van der Waals surface area contributed by atoms with E-state index >= 15 is 0 Å². The summed E-state index contributed by atoms with van der Waals surface area (Å²) in [5, 5.41) is 5.32. The molecule has 6 rings (SSSR count). The van der Waals surface area contributed by atoms with Crippen molar-refractivity contribution in [3.63, 3.8) is 0 Å². The van der Waals surface area contributed by atoms with Crippen molar-refractivity contribution in [1.29, 1.82) is 0 Å². The Labute approximate surface area is 151 Å². The number of methoxy groups -OCH3 is 2. The van der Waals surface area contributed by atoms with Crippen LogP contribution in [0.4, 0.5) is 0 Å². The van der Waals surface area contributed by atoms with Gasteiger partial charge in [0.2, 0.25) is 0 Å². The highest BCUT2D eigenvalue weighted by molar-refractivity contribution is 6.06. The van der Waals surface area contributed by atoms with E-state index in [1.807, 2.05) is 0 Å². The number of rotatable bonds is 4. The Kier molecular flexibility index (Phi) is 3.26. The molecular formula is C20H20N2O4. The smallest absolute Gasteiger partial charge is 0.254 e. The average molecular weight is 352 g/mol. The minimum Gasteiger partial charge on any atom is -0.497 e. The largest absolute Gasteiger partial charge is 0.497 e. The first kappa shape index (κ1) is 15.6. The van der Waals surface area contributed by atoms with Crippen LogP contribution in [0.2, 0.25) is 0 Å². The Bertz CT molecular complexity index is 825. The zero-order valence-corrected chi connectivity index (χ0v) is 14.7. The molecule has 1 heterocycles. The molecule has 0 radical (unpaired) electrons. The van der Waals surface area contributed by atoms with Gasteiger partial charge in [-0.3, -0.25) is 9.59 Å². The summed E-state index contributed by atoms with van der Waals surface area (Å²) in [5.74, 6) is 2.08. The van der Waals surface area contributed by atoms with Crippen LogP contribution < -0.4 is 9.47 Å². The molecule has 1 aromatic carbocycles. The number of nitrogens with zero attached hydrogens (tertiary/aromatic N) is 2. The van der Waals surface area contributed by atoms with Crippen LogP contribution in [0.1, 0.15) is 12.0 Å². The molecule has 2 saturated carbocycles.